The van der Waals surface area contributed by atoms with E-state index in [0.29, 0.717) is 19.6 Å². The quantitative estimate of drug-likeness (QED) is 0.00750. The summed E-state index contributed by atoms with van der Waals surface area (Å²) in [6.45, 7) is 10.2. The average Bonchev–Trinajstić information content (AvgIpc) is 1.64. The summed E-state index contributed by atoms with van der Waals surface area (Å²) in [5.74, 6) is 4.87. The minimum Gasteiger partial charge on any atom is -0.497 e. The molecule has 139 heavy (non-hydrogen) atoms. The Hall–Kier alpha value is -16.0. The molecule has 0 fully saturated rings. The van der Waals surface area contributed by atoms with Crippen molar-refractivity contribution < 1.29 is 73.8 Å². The first-order chi connectivity index (χ1) is 67.2. The molecule has 5 aromatic heterocycles. The van der Waals surface area contributed by atoms with Gasteiger partial charge in [0.25, 0.3) is 29.5 Å². The van der Waals surface area contributed by atoms with E-state index in [1.165, 1.54) is 47.1 Å². The number of aromatic amines is 1. The van der Waals surface area contributed by atoms with Gasteiger partial charge in [0.15, 0.2) is 0 Å². The second kappa shape index (κ2) is 51.6. The standard InChI is InChI=1S/C26H34N4O3.C21H22N4O4.C21H23N3O3.C19H20N4O2.C19H19N3O3/c1-26(2,17-29(3)4)18-30-23-12-9-20(11-14-25(31)28-32)16-22(23)27-24(30)13-10-19-7-6-8-21(15-19)33-5;1-25-18-9-5-14(6-10-20(26)24-28)11-17(18)23-19(25)13-22-21(27)12-15-3-7-16(29-2)8-4-15;1-2-24-19-12-10-16(11-13-21(25)23-26)15-18(19)22-20(24)9-6-14-27-17-7-4-3-5-8-17;1-23-17-9-7-14(8-10-18(24)22-25)12-16(17)21-19(23)15(20)11-13-5-3-2-4-6-13;1-25-15-4-2-3-13(11-15)6-9-18-20-16-8-5-14(12-17(16)21-18)7-10-19(23)22-24/h6-9,11-12,14-16,32H,10,13,17-18H2,1-5H3,(H,28,31);3-11,28H,12-13H2,1-2H3,(H,22,27)(H,24,26);3-5,7-8,10-13,15,26H,2,6,9,14H2,1H3,(H,23,25);2-10,12,15,25H,11,20H2,1H3,(H,22,24);2-5,7-8,10-12,24H,6,9H2,1H3,(H,20,21)(H,22,23)/b14-11+;10-6+;13-11+;10-8+;10-7+. The van der Waals surface area contributed by atoms with Gasteiger partial charge >= 0.3 is 0 Å². The third-order valence-corrected chi connectivity index (χ3v) is 22.2. The highest BCUT2D eigenvalue weighted by molar-refractivity contribution is 5.95. The lowest BCUT2D eigenvalue weighted by atomic mass is 9.92. The summed E-state index contributed by atoms with van der Waals surface area (Å²) in [6.07, 6.45) is 20.4. The molecule has 0 bridgehead atoms. The van der Waals surface area contributed by atoms with Gasteiger partial charge in [0.05, 0.1) is 102 Å². The van der Waals surface area contributed by atoms with Crippen molar-refractivity contribution in [2.75, 3.05) is 48.6 Å². The molecule has 0 aliphatic heterocycles. The fraction of sp³-hybridized carbons (Fsp3) is 0.236. The van der Waals surface area contributed by atoms with Crippen LogP contribution in [-0.2, 0) is 107 Å². The maximum Gasteiger partial charge on any atom is 0.267 e. The Balaban J connectivity index is 0.000000167. The van der Waals surface area contributed by atoms with Crippen LogP contribution in [0.2, 0.25) is 0 Å². The molecule has 0 spiro atoms. The van der Waals surface area contributed by atoms with E-state index in [4.69, 9.17) is 60.7 Å². The number of fused-ring (bicyclic) bond motifs is 5. The van der Waals surface area contributed by atoms with Crippen LogP contribution in [0.15, 0.2) is 255 Å². The van der Waals surface area contributed by atoms with Crippen molar-refractivity contribution in [3.8, 4) is 23.0 Å². The number of carbonyl (C=O) groups excluding carboxylic acids is 6. The number of amides is 6. The van der Waals surface area contributed by atoms with Gasteiger partial charge in [-0.3, -0.25) is 54.8 Å². The molecule has 0 aliphatic carbocycles. The minimum absolute atomic E-state index is 0.0552. The molecule has 1 atom stereocenters. The number of nitrogens with zero attached hydrogens (tertiary/aromatic N) is 10. The molecule has 0 aliphatic rings. The zero-order valence-corrected chi connectivity index (χ0v) is 79.3. The molecule has 5 heterocycles. The highest BCUT2D eigenvalue weighted by atomic mass is 16.5. The summed E-state index contributed by atoms with van der Waals surface area (Å²) in [6, 6.07) is 72.0. The number of carbonyl (C=O) groups is 6. The van der Waals surface area contributed by atoms with Crippen molar-refractivity contribution in [1.29, 1.82) is 0 Å². The molecule has 0 saturated carbocycles. The fourth-order valence-electron chi connectivity index (χ4n) is 15.6. The molecule has 33 nitrogen and oxygen atoms in total. The molecule has 15 rings (SSSR count). The molecule has 0 radical (unpaired) electrons. The number of nitrogens with two attached hydrogens (primary N) is 1. The van der Waals surface area contributed by atoms with Gasteiger partial charge in [-0.1, -0.05) is 129 Å². The Labute approximate surface area is 804 Å². The van der Waals surface area contributed by atoms with Crippen molar-refractivity contribution >= 4 is 121 Å². The molecular weight excluding hydrogens is 1770 g/mol. The van der Waals surface area contributed by atoms with Gasteiger partial charge in [0, 0.05) is 83.4 Å². The van der Waals surface area contributed by atoms with Gasteiger partial charge in [-0.15, -0.1) is 0 Å². The van der Waals surface area contributed by atoms with Crippen LogP contribution in [0.4, 0.5) is 0 Å². The summed E-state index contributed by atoms with van der Waals surface area (Å²) in [4.78, 5) is 97.0. The van der Waals surface area contributed by atoms with Gasteiger partial charge in [0.1, 0.15) is 52.1 Å². The predicted octanol–water partition coefficient (Wildman–Crippen LogP) is 14.7. The van der Waals surface area contributed by atoms with E-state index in [0.717, 1.165) is 199 Å². The third kappa shape index (κ3) is 31.0. The Morgan fingerprint density at radius 3 is 1.37 bits per heavy atom. The van der Waals surface area contributed by atoms with Crippen LogP contribution < -0.4 is 57.4 Å². The number of aryl methyl sites for hydroxylation is 8. The Bertz CT molecular complexity index is 6830. The van der Waals surface area contributed by atoms with Gasteiger partial charge in [-0.2, -0.15) is 0 Å². The molecule has 6 amide bonds. The fourth-order valence-corrected chi connectivity index (χ4v) is 15.6. The smallest absolute Gasteiger partial charge is 0.267 e. The van der Waals surface area contributed by atoms with Crippen LogP contribution in [0.25, 0.3) is 85.5 Å². The van der Waals surface area contributed by atoms with E-state index in [2.05, 4.69) is 111 Å². The number of hydroxylamine groups is 5. The molecule has 15 aromatic rings. The van der Waals surface area contributed by atoms with E-state index in [-0.39, 0.29) is 23.8 Å². The van der Waals surface area contributed by atoms with E-state index in [1.807, 2.05) is 211 Å². The SMILES string of the molecule is CCn1c(CCCOc2ccccc2)nc2cc(/C=C/C(=O)NO)ccc21.COc1ccc(CC(=O)NCc2nc3cc(/C=C/C(=O)NO)ccc3n2C)cc1.COc1cccc(CCc2nc3cc(/C=C/C(=O)NO)ccc3n2CC(C)(C)CN(C)C)c1.COc1cccc(CCc2nc3ccc(/C=C/C(=O)NO)cc3[nH]2)c1.Cn1c(C(N)Cc2ccccc2)nc2cc(/C=C/C(=O)NO)ccc21. The Morgan fingerprint density at radius 2 is 0.871 bits per heavy atom. The topological polar surface area (TPSA) is 442 Å². The Morgan fingerprint density at radius 1 is 0.439 bits per heavy atom. The van der Waals surface area contributed by atoms with Crippen molar-refractivity contribution in [2.45, 2.75) is 97.8 Å². The number of para-hydroxylation sites is 1. The van der Waals surface area contributed by atoms with E-state index < -0.39 is 29.5 Å². The first kappa shape index (κ1) is 103. The van der Waals surface area contributed by atoms with Crippen LogP contribution in [0.5, 0.6) is 23.0 Å². The van der Waals surface area contributed by atoms with Crippen LogP contribution in [-0.4, -0.2) is 163 Å². The van der Waals surface area contributed by atoms with Gasteiger partial charge in [-0.05, 0) is 242 Å². The second-order valence-corrected chi connectivity index (χ2v) is 33.5. The highest BCUT2D eigenvalue weighted by Crippen LogP contribution is 2.30. The zero-order valence-electron chi connectivity index (χ0n) is 79.3. The molecular formula is C106H118N18O15. The van der Waals surface area contributed by atoms with E-state index in [9.17, 15) is 28.8 Å². The number of H-pyrrole nitrogens is 1. The number of methoxy groups -OCH3 is 3. The zero-order chi connectivity index (χ0) is 99.3. The highest BCUT2D eigenvalue weighted by Gasteiger charge is 2.25. The largest absolute Gasteiger partial charge is 0.497 e. The van der Waals surface area contributed by atoms with Gasteiger partial charge in [-0.25, -0.2) is 52.3 Å². The van der Waals surface area contributed by atoms with Crippen LogP contribution >= 0.6 is 0 Å². The number of hydrogen-bond donors (Lipinski definition) is 13. The molecule has 33 heteroatoms. The summed E-state index contributed by atoms with van der Waals surface area (Å²) < 4.78 is 29.9. The summed E-state index contributed by atoms with van der Waals surface area (Å²) in [5, 5.41) is 45.7. The number of nitrogens with one attached hydrogen (secondary N) is 7. The maximum absolute atomic E-state index is 12.3. The van der Waals surface area contributed by atoms with Crippen molar-refractivity contribution in [3.05, 3.63) is 334 Å². The average molecular weight is 1880 g/mol. The number of benzene rings is 10. The molecule has 722 valence electrons. The summed E-state index contributed by atoms with van der Waals surface area (Å²) >= 11 is 0. The maximum atomic E-state index is 12.3. The lowest BCUT2D eigenvalue weighted by molar-refractivity contribution is -0.124. The predicted molar refractivity (Wildman–Crippen MR) is 536 cm³/mol. The normalized spacial score (nSPS) is 11.6. The first-order valence-corrected chi connectivity index (χ1v) is 44.9. The molecule has 14 N–H and O–H groups in total. The second-order valence-electron chi connectivity index (χ2n) is 33.5. The van der Waals surface area contributed by atoms with Crippen LogP contribution in [0, 0.1) is 5.41 Å². The molecule has 0 saturated heterocycles. The summed E-state index contributed by atoms with van der Waals surface area (Å²) in [5.41, 5.74) is 32.0. The van der Waals surface area contributed by atoms with Gasteiger partial charge < -0.3 is 58.2 Å². The van der Waals surface area contributed by atoms with Crippen molar-refractivity contribution in [1.82, 2.24) is 85.8 Å². The number of imidazole rings is 5. The molecule has 10 aromatic carbocycles. The number of aromatic nitrogens is 10. The van der Waals surface area contributed by atoms with Crippen molar-refractivity contribution in [2.24, 2.45) is 25.2 Å². The number of hydrogen-bond acceptors (Lipinski definition) is 22. The van der Waals surface area contributed by atoms with E-state index in [1.54, 1.807) is 79.1 Å². The monoisotopic (exact) mass is 1880 g/mol. The van der Waals surface area contributed by atoms with Crippen LogP contribution in [0.3, 0.4) is 0 Å². The third-order valence-electron chi connectivity index (χ3n) is 22.2. The lowest BCUT2D eigenvalue weighted by Crippen LogP contribution is -2.32. The van der Waals surface area contributed by atoms with Crippen LogP contribution in [0.1, 0.15) is 112 Å². The molecule has 1 unspecified atom stereocenters. The summed E-state index contributed by atoms with van der Waals surface area (Å²) in [7, 11) is 13.0. The first-order valence-electron chi connectivity index (χ1n) is 44.9. The number of ether oxygens (including phenoxy) is 4. The van der Waals surface area contributed by atoms with Crippen molar-refractivity contribution in [3.63, 3.8) is 0 Å². The minimum atomic E-state index is -0.605. The van der Waals surface area contributed by atoms with Gasteiger partial charge in [0.2, 0.25) is 5.91 Å². The Kier molecular flexibility index (Phi) is 38.4. The lowest BCUT2D eigenvalue weighted by Gasteiger charge is -2.29. The van der Waals surface area contributed by atoms with E-state index >= 15 is 0 Å². The number of rotatable bonds is 36.